The summed E-state index contributed by atoms with van der Waals surface area (Å²) in [6.45, 7) is 7.03. The summed E-state index contributed by atoms with van der Waals surface area (Å²) < 4.78 is 15.2. The molecule has 0 radical (unpaired) electrons. The molecule has 1 aliphatic rings. The van der Waals surface area contributed by atoms with Gasteiger partial charge >= 0.3 is 89.8 Å². The number of Topliss-reactive ketones (excluding diaryl/α,β-unsaturated/α-hetero) is 1. The normalized spacial score (nSPS) is 16.8. The van der Waals surface area contributed by atoms with Crippen molar-refractivity contribution in [2.45, 2.75) is 35.1 Å². The van der Waals surface area contributed by atoms with Crippen molar-refractivity contribution in [2.24, 2.45) is 5.92 Å². The van der Waals surface area contributed by atoms with E-state index in [1.165, 1.54) is 14.0 Å². The second-order valence-corrected chi connectivity index (χ2v) is 4.62. The number of rotatable bonds is 2. The van der Waals surface area contributed by atoms with Gasteiger partial charge in [0, 0.05) is 0 Å². The molecular weight excluding hydrogens is 279 g/mol. The maximum Gasteiger partial charge on any atom is 0.100 e. The van der Waals surface area contributed by atoms with Gasteiger partial charge in [0.15, 0.2) is 0 Å². The molecule has 0 aliphatic carbocycles. The van der Waals surface area contributed by atoms with Crippen molar-refractivity contribution in [3.05, 3.63) is 47.0 Å². The van der Waals surface area contributed by atoms with Crippen LogP contribution < -0.4 is 0 Å². The summed E-state index contributed by atoms with van der Waals surface area (Å²) in [6, 6.07) is 3.79. The number of aryl methyl sites for hydroxylation is 1. The van der Waals surface area contributed by atoms with Crippen LogP contribution in [0, 0.1) is 18.6 Å². The smallest absolute Gasteiger partial charge is 0.100 e. The molecule has 2 heterocycles. The summed E-state index contributed by atoms with van der Waals surface area (Å²) in [5.74, 6) is 4.18. The van der Waals surface area contributed by atoms with Crippen LogP contribution in [0.1, 0.15) is 34.0 Å². The number of carbonyl (C=O) groups is 1. The summed E-state index contributed by atoms with van der Waals surface area (Å²) in [7, 11) is 6.86. The van der Waals surface area contributed by atoms with Gasteiger partial charge in [0.25, 0.3) is 0 Å². The van der Waals surface area contributed by atoms with Crippen LogP contribution in [0.4, 0.5) is 0 Å². The molecule has 0 N–H and O–H groups in total. The van der Waals surface area contributed by atoms with E-state index in [1.807, 2.05) is 26.0 Å². The van der Waals surface area contributed by atoms with Crippen molar-refractivity contribution in [3.63, 3.8) is 0 Å². The number of hydrogen-bond acceptors (Lipinski definition) is 4. The van der Waals surface area contributed by atoms with E-state index in [2.05, 4.69) is 5.80 Å². The van der Waals surface area contributed by atoms with E-state index in [0.717, 1.165) is 5.76 Å². The van der Waals surface area contributed by atoms with Crippen LogP contribution in [0.5, 0.6) is 0 Å². The molecule has 4 nitrogen and oxygen atoms in total. The Kier molecular flexibility index (Phi) is 8.14. The molecule has 0 saturated carbocycles. The van der Waals surface area contributed by atoms with Gasteiger partial charge in [-0.2, -0.15) is 0 Å². The second kappa shape index (κ2) is 9.01. The van der Waals surface area contributed by atoms with Gasteiger partial charge < -0.3 is 4.42 Å². The minimum atomic E-state index is -0.142. The first-order valence-corrected chi connectivity index (χ1v) is 6.56. The zero-order chi connectivity index (χ0) is 16.0. The maximum absolute atomic E-state index is 11.4. The first-order chi connectivity index (χ1) is 9.92. The van der Waals surface area contributed by atoms with E-state index in [1.54, 1.807) is 13.2 Å². The standard InChI is InChI=1S/C11H13BO3.C5H6O.CH4/c1-6-9(5-12)11(14-4)15-8(3)10(6)7(2)13;1-5-3-2-4-6-5;/h6H,1-4H3;2-4H,1H3;1H4. The van der Waals surface area contributed by atoms with Crippen molar-refractivity contribution in [2.75, 3.05) is 7.11 Å². The molecule has 118 valence electrons. The Morgan fingerprint density at radius 2 is 2.05 bits per heavy atom. The van der Waals surface area contributed by atoms with E-state index in [9.17, 15) is 4.79 Å². The predicted octanol–water partition coefficient (Wildman–Crippen LogP) is 3.73. The number of ketones is 1. The number of methoxy groups -OCH3 is 1. The Morgan fingerprint density at radius 1 is 1.41 bits per heavy atom. The fourth-order valence-electron chi connectivity index (χ4n) is 2.12. The first-order valence-electron chi connectivity index (χ1n) is 6.56. The Bertz CT molecular complexity index is 603. The minimum absolute atomic E-state index is 0. The van der Waals surface area contributed by atoms with Crippen molar-refractivity contribution in [1.82, 2.24) is 0 Å². The van der Waals surface area contributed by atoms with Gasteiger partial charge in [-0.15, -0.1) is 0 Å². The van der Waals surface area contributed by atoms with Gasteiger partial charge in [-0.3, -0.25) is 0 Å². The van der Waals surface area contributed by atoms with Gasteiger partial charge in [-0.05, 0) is 19.1 Å². The number of allylic oxidation sites excluding steroid dienone is 3. The molecule has 0 amide bonds. The fourth-order valence-corrected chi connectivity index (χ4v) is 2.12. The zero-order valence-electron chi connectivity index (χ0n) is 13.0. The summed E-state index contributed by atoms with van der Waals surface area (Å²) in [5, 5.41) is 0. The molecule has 0 bridgehead atoms. The molecule has 0 aromatic carbocycles. The summed E-state index contributed by atoms with van der Waals surface area (Å²) in [4.78, 5) is 11.4. The fraction of sp³-hybridized carbons (Fsp3) is 0.412. The molecule has 5 heteroatoms. The molecule has 1 atom stereocenters. The monoisotopic (exact) mass is 302 g/mol. The third-order valence-electron chi connectivity index (χ3n) is 3.09. The number of carbonyl (C=O) groups excluding carboxylic acids is 1. The molecule has 0 fully saturated rings. The van der Waals surface area contributed by atoms with Crippen LogP contribution in [-0.2, 0) is 14.3 Å². The third-order valence-corrected chi connectivity index (χ3v) is 3.09. The van der Waals surface area contributed by atoms with Crippen LogP contribution in [0.2, 0.25) is 0 Å². The SMILES string of the molecule is B#CC1=C(OC)OC(C)=C(C(C)=O)C1C.C.Cc1ccco1. The average Bonchev–Trinajstić information content (AvgIpc) is 2.89. The Hall–Kier alpha value is -2.13. The molecule has 1 aromatic rings. The molecule has 1 aliphatic heterocycles. The van der Waals surface area contributed by atoms with E-state index >= 15 is 0 Å². The number of hydrogen-bond donors (Lipinski definition) is 0. The van der Waals surface area contributed by atoms with Crippen LogP contribution in [0.15, 0.2) is 45.7 Å². The number of ether oxygens (including phenoxy) is 2. The van der Waals surface area contributed by atoms with Gasteiger partial charge in [0.1, 0.15) is 5.76 Å². The zero-order valence-corrected chi connectivity index (χ0v) is 13.0. The van der Waals surface area contributed by atoms with Crippen molar-refractivity contribution >= 4 is 13.1 Å². The molecule has 1 unspecified atom stereocenters. The molecule has 1 aromatic heterocycles. The Balaban J connectivity index is 0.000000529. The van der Waals surface area contributed by atoms with E-state index in [0.29, 0.717) is 22.9 Å². The topological polar surface area (TPSA) is 48.7 Å². The third kappa shape index (κ3) is 4.71. The van der Waals surface area contributed by atoms with Crippen LogP contribution in [-0.4, -0.2) is 20.2 Å². The quantitative estimate of drug-likeness (QED) is 0.781. The van der Waals surface area contributed by atoms with Gasteiger partial charge in [-0.25, -0.2) is 0 Å². The van der Waals surface area contributed by atoms with Crippen LogP contribution in [0.3, 0.4) is 0 Å². The Morgan fingerprint density at radius 3 is 2.36 bits per heavy atom. The molecule has 2 rings (SSSR count). The average molecular weight is 302 g/mol. The van der Waals surface area contributed by atoms with Gasteiger partial charge in [0.2, 0.25) is 0 Å². The van der Waals surface area contributed by atoms with Gasteiger partial charge in [0.05, 0.1) is 6.26 Å². The van der Waals surface area contributed by atoms with Crippen molar-refractivity contribution < 1.29 is 18.7 Å². The Labute approximate surface area is 133 Å². The van der Waals surface area contributed by atoms with Gasteiger partial charge in [-0.1, -0.05) is 7.43 Å². The van der Waals surface area contributed by atoms with E-state index < -0.39 is 0 Å². The maximum atomic E-state index is 11.4. The summed E-state index contributed by atoms with van der Waals surface area (Å²) in [6.07, 6.45) is 1.66. The molecular formula is C17H23BO4. The van der Waals surface area contributed by atoms with Crippen molar-refractivity contribution in [1.29, 1.82) is 0 Å². The molecule has 22 heavy (non-hydrogen) atoms. The second-order valence-electron chi connectivity index (χ2n) is 4.62. The van der Waals surface area contributed by atoms with E-state index in [4.69, 9.17) is 21.2 Å². The van der Waals surface area contributed by atoms with Crippen molar-refractivity contribution in [3.8, 4) is 5.80 Å². The van der Waals surface area contributed by atoms with E-state index in [-0.39, 0.29) is 19.1 Å². The van der Waals surface area contributed by atoms with Crippen LogP contribution >= 0.6 is 0 Å². The summed E-state index contributed by atoms with van der Waals surface area (Å²) >= 11 is 0. The molecule has 0 spiro atoms. The largest absolute Gasteiger partial charge is 0.470 e. The predicted molar refractivity (Wildman–Crippen MR) is 87.5 cm³/mol. The first kappa shape index (κ1) is 19.9. The molecule has 0 saturated heterocycles. The number of furan rings is 1. The summed E-state index contributed by atoms with van der Waals surface area (Å²) in [5.41, 5.74) is 1.19. The van der Waals surface area contributed by atoms with Crippen LogP contribution in [0.25, 0.3) is 0 Å². The minimum Gasteiger partial charge on any atom is -0.470 e.